The number of carbonyl (C=O) groups excluding carboxylic acids is 6. The minimum atomic E-state index is -0.806. The van der Waals surface area contributed by atoms with Crippen molar-refractivity contribution in [3.05, 3.63) is 0 Å². The number of hydrogen-bond donors (Lipinski definition) is 2. The molecule has 0 saturated heterocycles. The van der Waals surface area contributed by atoms with E-state index in [4.69, 9.17) is 33.2 Å². The van der Waals surface area contributed by atoms with Crippen LogP contribution in [0, 0.1) is 67.5 Å². The van der Waals surface area contributed by atoms with E-state index >= 15 is 0 Å². The first-order valence-electron chi connectivity index (χ1n) is 45.4. The molecule has 16 nitrogen and oxygen atoms in total. The van der Waals surface area contributed by atoms with Gasteiger partial charge in [0.1, 0.15) is 17.7 Å². The summed E-state index contributed by atoms with van der Waals surface area (Å²) >= 11 is 2.13. The van der Waals surface area contributed by atoms with E-state index in [1.165, 1.54) is 109 Å². The largest absolute Gasteiger partial charge is 0.463 e. The first kappa shape index (κ1) is 129. The summed E-state index contributed by atoms with van der Waals surface area (Å²) in [6, 6.07) is 0. The molecular formula is C99H204N2O14S. The van der Waals surface area contributed by atoms with Crippen molar-refractivity contribution in [1.29, 1.82) is 0 Å². The number of aliphatic hydroxyl groups excluding tert-OH is 1. The molecule has 0 aliphatic carbocycles. The molecule has 0 unspecified atom stereocenters. The zero-order chi connectivity index (χ0) is 92.9. The summed E-state index contributed by atoms with van der Waals surface area (Å²) in [6.07, 6.45) is 22.6. The van der Waals surface area contributed by atoms with Crippen LogP contribution in [0.2, 0.25) is 0 Å². The summed E-state index contributed by atoms with van der Waals surface area (Å²) in [5.41, 5.74) is 2.13. The van der Waals surface area contributed by atoms with Crippen LogP contribution in [0.5, 0.6) is 0 Å². The van der Waals surface area contributed by atoms with Gasteiger partial charge in [-0.05, 0) is 243 Å². The summed E-state index contributed by atoms with van der Waals surface area (Å²) in [4.78, 5) is 69.7. The molecule has 0 saturated carbocycles. The van der Waals surface area contributed by atoms with Crippen LogP contribution in [0.15, 0.2) is 0 Å². The molecule has 0 radical (unpaired) electrons. The van der Waals surface area contributed by atoms with E-state index in [1.807, 2.05) is 138 Å². The fourth-order valence-electron chi connectivity index (χ4n) is 9.52. The number of unbranched alkanes of at least 4 members (excludes halogenated alkanes) is 4. The van der Waals surface area contributed by atoms with Crippen molar-refractivity contribution >= 4 is 47.1 Å². The topological polar surface area (TPSA) is 203 Å². The fourth-order valence-corrected chi connectivity index (χ4v) is 10.4. The second-order valence-electron chi connectivity index (χ2n) is 45.2. The molecule has 0 aromatic heterocycles. The number of nitrogens with one attached hydrogen (secondary N) is 1. The number of amides is 1. The molecule has 17 heteroatoms. The number of ketones is 2. The van der Waals surface area contributed by atoms with Crippen LogP contribution in [-0.2, 0) is 61.9 Å². The first-order valence-corrected chi connectivity index (χ1v) is 46.6. The molecule has 0 aliphatic heterocycles. The fraction of sp³-hybridized carbons (Fsp3) is 0.939. The van der Waals surface area contributed by atoms with Crippen molar-refractivity contribution in [2.75, 3.05) is 71.2 Å². The van der Waals surface area contributed by atoms with E-state index in [2.05, 4.69) is 154 Å². The minimum Gasteiger partial charge on any atom is -0.463 e. The summed E-state index contributed by atoms with van der Waals surface area (Å²) in [6.45, 7) is 95.6. The van der Waals surface area contributed by atoms with Gasteiger partial charge < -0.3 is 48.5 Å². The Morgan fingerprint density at radius 3 is 0.957 bits per heavy atom. The Bertz CT molecular complexity index is 2180. The highest BCUT2D eigenvalue weighted by Gasteiger charge is 2.23. The van der Waals surface area contributed by atoms with Crippen LogP contribution in [0.4, 0.5) is 0 Å². The van der Waals surface area contributed by atoms with Gasteiger partial charge in [-0.25, -0.2) is 0 Å². The normalized spacial score (nSPS) is 12.4. The molecule has 0 aromatic carbocycles. The van der Waals surface area contributed by atoms with E-state index < -0.39 is 12.4 Å². The maximum atomic E-state index is 11.5. The number of carbonyl (C=O) groups is 6. The quantitative estimate of drug-likeness (QED) is 0.0331. The summed E-state index contributed by atoms with van der Waals surface area (Å²) in [5.74, 6) is 3.04. The number of aliphatic hydroxyl groups is 1. The van der Waals surface area contributed by atoms with Crippen LogP contribution in [-0.4, -0.2) is 152 Å². The Morgan fingerprint density at radius 2 is 0.681 bits per heavy atom. The highest BCUT2D eigenvalue weighted by Crippen LogP contribution is 2.27. The molecule has 0 heterocycles. The Kier molecular flexibility index (Phi) is 76.4. The summed E-state index contributed by atoms with van der Waals surface area (Å²) in [5, 5.41) is 12.4. The molecule has 116 heavy (non-hydrogen) atoms. The van der Waals surface area contributed by atoms with Gasteiger partial charge >= 0.3 is 17.9 Å². The molecule has 0 rings (SSSR count). The lowest BCUT2D eigenvalue weighted by Gasteiger charge is -2.25. The van der Waals surface area contributed by atoms with Crippen molar-refractivity contribution in [2.45, 2.75) is 468 Å². The monoisotopic (exact) mass is 1680 g/mol. The van der Waals surface area contributed by atoms with Gasteiger partial charge in [0.25, 0.3) is 0 Å². The van der Waals surface area contributed by atoms with Crippen molar-refractivity contribution in [3.63, 3.8) is 0 Å². The number of esters is 3. The van der Waals surface area contributed by atoms with Crippen molar-refractivity contribution in [2.24, 2.45) is 67.5 Å². The lowest BCUT2D eigenvalue weighted by atomic mass is 9.90. The Morgan fingerprint density at radius 1 is 0.371 bits per heavy atom. The van der Waals surface area contributed by atoms with Gasteiger partial charge in [0, 0.05) is 69.8 Å². The van der Waals surface area contributed by atoms with Crippen LogP contribution in [0.25, 0.3) is 0 Å². The van der Waals surface area contributed by atoms with Crippen LogP contribution in [0.3, 0.4) is 0 Å². The summed E-state index contributed by atoms with van der Waals surface area (Å²) in [7, 11) is 2.26. The highest BCUT2D eigenvalue weighted by molar-refractivity contribution is 7.99. The molecular weight excluding hydrogens is 1470 g/mol. The number of hydrogen-bond acceptors (Lipinski definition) is 16. The maximum absolute atomic E-state index is 11.5. The molecule has 0 spiro atoms. The van der Waals surface area contributed by atoms with Crippen molar-refractivity contribution < 1.29 is 67.0 Å². The third-order valence-corrected chi connectivity index (χ3v) is 17.8. The van der Waals surface area contributed by atoms with Gasteiger partial charge in [-0.3, -0.25) is 28.8 Å². The molecule has 2 N–H and O–H groups in total. The Labute approximate surface area is 727 Å². The molecule has 0 fully saturated rings. The number of nitrogens with zero attached hydrogens (tertiary/aromatic N) is 1. The zero-order valence-corrected chi connectivity index (χ0v) is 86.5. The second-order valence-corrected chi connectivity index (χ2v) is 46.5. The van der Waals surface area contributed by atoms with E-state index in [1.54, 1.807) is 27.7 Å². The second kappa shape index (κ2) is 68.7. The van der Waals surface area contributed by atoms with Crippen LogP contribution >= 0.6 is 11.8 Å². The Balaban J connectivity index is -0.000000192. The molecule has 0 bridgehead atoms. The van der Waals surface area contributed by atoms with Gasteiger partial charge in [0.2, 0.25) is 12.2 Å². The molecule has 0 aromatic rings. The minimum absolute atomic E-state index is 0.0197. The maximum Gasteiger partial charge on any atom is 0.311 e. The zero-order valence-electron chi connectivity index (χ0n) is 85.6. The lowest BCUT2D eigenvalue weighted by molar-refractivity contribution is -0.189. The molecule has 1 amide bonds. The molecule has 0 atom stereocenters. The van der Waals surface area contributed by atoms with Gasteiger partial charge in [-0.15, -0.1) is 0 Å². The number of thioether (sulfide) groups is 1. The van der Waals surface area contributed by atoms with Gasteiger partial charge in [-0.2, -0.15) is 11.8 Å². The smallest absolute Gasteiger partial charge is 0.311 e. The predicted octanol–water partition coefficient (Wildman–Crippen LogP) is 26.8. The standard InChI is InChI=1S/C15H33N.C15H28O2.C14H30O.C14H30S.C12H25NO2.C11H24O3.C10H18O4.C8H16O2/c1-14(2,3)10-8-12-16(7)13-9-11-15(4,5)6;1-12(2)14(16)10-8-6-5-7-9-11-15(17)13(3)4;2*1-13(2,3)9-7-11-15-12-8-10-14(4,5)6;1-11(2,3)10(14)13-8-7-9-15-12(4,5)6;1-10(2,3)13-7-9(12)8-14-11(4,5)6;1-6(2)9(11)13-8(5)14-10(12)7(3)4;1-6(2)5-8(9)10-7(3)4/h8-13H2,1-7H3;12-13H,5-11H2,1-4H3;2*7-12H2,1-6H3;7-9H2,1-6H3,(H,13,14);9,12H,7-8H2,1-6H3;6-8H,1-5H3;6-7H,5H2,1-4H3. The third kappa shape index (κ3) is 125. The first-order chi connectivity index (χ1) is 52.1. The lowest BCUT2D eigenvalue weighted by Crippen LogP contribution is -2.35. The third-order valence-electron chi connectivity index (χ3n) is 16.6. The van der Waals surface area contributed by atoms with Crippen LogP contribution in [0.1, 0.15) is 433 Å². The van der Waals surface area contributed by atoms with E-state index in [0.717, 1.165) is 64.6 Å². The van der Waals surface area contributed by atoms with Crippen LogP contribution < -0.4 is 5.32 Å². The SMILES string of the molecule is CC(C)(C)CCCOCCCC(C)(C)C.CC(C)(C)CCCSCCCC(C)(C)C.CC(C)(C)OCC(O)COC(C)(C)C.CC(C)(C)OCCCNC(=O)C(C)(C)C.CC(C)C(=O)CCCCCCCC(=O)C(C)C.CC(C)CC(=O)OC(C)C.CC(OC(=O)C(C)C)OC(=O)C(C)C.CN(CCCC(C)(C)C)CCCC(C)(C)C. The molecule has 700 valence electrons. The Hall–Kier alpha value is -2.67. The van der Waals surface area contributed by atoms with Gasteiger partial charge in [0.05, 0.1) is 48.0 Å². The predicted molar refractivity (Wildman–Crippen MR) is 502 cm³/mol. The number of ether oxygens (including phenoxy) is 7. The number of rotatable bonds is 43. The van der Waals surface area contributed by atoms with E-state index in [9.17, 15) is 33.9 Å². The molecule has 0 aliphatic rings. The van der Waals surface area contributed by atoms with Gasteiger partial charge in [0.15, 0.2) is 0 Å². The van der Waals surface area contributed by atoms with Gasteiger partial charge in [-0.1, -0.05) is 234 Å². The highest BCUT2D eigenvalue weighted by atomic mass is 32.2. The summed E-state index contributed by atoms with van der Waals surface area (Å²) < 4.78 is 36.6. The van der Waals surface area contributed by atoms with Crippen molar-refractivity contribution in [3.8, 4) is 0 Å². The van der Waals surface area contributed by atoms with Crippen molar-refractivity contribution in [1.82, 2.24) is 10.2 Å². The van der Waals surface area contributed by atoms with E-state index in [-0.39, 0.29) is 75.8 Å². The number of Topliss-reactive ketones (excluding diaryl/α,β-unsaturated/α-hetero) is 2. The average Bonchev–Trinajstić information content (AvgIpc) is 0.910. The average molecular weight is 1680 g/mol. The van der Waals surface area contributed by atoms with E-state index in [0.29, 0.717) is 82.8 Å².